The average Bonchev–Trinajstić information content (AvgIpc) is 2.44. The standard InChI is InChI=1S/C14H13Cl2N3O/c1-2-17-12-8-4-7-11(18-12)14(20)19-10-6-3-5-9(15)13(10)16/h3-8H,2H2,1H3,(H,17,18)(H,19,20). The van der Waals surface area contributed by atoms with Crippen LogP contribution in [0.5, 0.6) is 0 Å². The molecule has 1 aromatic heterocycles. The van der Waals surface area contributed by atoms with Crippen LogP contribution in [0.3, 0.4) is 0 Å². The summed E-state index contributed by atoms with van der Waals surface area (Å²) in [5, 5.41) is 6.44. The van der Waals surface area contributed by atoms with Crippen molar-refractivity contribution in [3.8, 4) is 0 Å². The Morgan fingerprint density at radius 1 is 1.20 bits per heavy atom. The Hall–Kier alpha value is -1.78. The molecule has 20 heavy (non-hydrogen) atoms. The fraction of sp³-hybridized carbons (Fsp3) is 0.143. The summed E-state index contributed by atoms with van der Waals surface area (Å²) in [5.41, 5.74) is 0.763. The van der Waals surface area contributed by atoms with Gasteiger partial charge in [0.1, 0.15) is 11.5 Å². The third-order valence-corrected chi connectivity index (χ3v) is 3.36. The molecule has 2 N–H and O–H groups in total. The number of halogens is 2. The predicted molar refractivity (Wildman–Crippen MR) is 82.8 cm³/mol. The van der Waals surface area contributed by atoms with Gasteiger partial charge in [-0.2, -0.15) is 0 Å². The van der Waals surface area contributed by atoms with E-state index < -0.39 is 0 Å². The number of rotatable bonds is 4. The lowest BCUT2D eigenvalue weighted by molar-refractivity contribution is 0.102. The highest BCUT2D eigenvalue weighted by molar-refractivity contribution is 6.44. The quantitative estimate of drug-likeness (QED) is 0.895. The van der Waals surface area contributed by atoms with Crippen LogP contribution in [0, 0.1) is 0 Å². The minimum atomic E-state index is -0.339. The van der Waals surface area contributed by atoms with Gasteiger partial charge in [0.05, 0.1) is 15.7 Å². The second-order valence-electron chi connectivity index (χ2n) is 3.99. The molecule has 6 heteroatoms. The van der Waals surface area contributed by atoms with E-state index in [1.54, 1.807) is 36.4 Å². The Morgan fingerprint density at radius 2 is 1.95 bits per heavy atom. The van der Waals surface area contributed by atoms with Gasteiger partial charge in [0.25, 0.3) is 5.91 Å². The molecule has 0 aliphatic heterocycles. The molecule has 0 fully saturated rings. The lowest BCUT2D eigenvalue weighted by Gasteiger charge is -2.09. The van der Waals surface area contributed by atoms with Crippen molar-refractivity contribution >= 4 is 40.6 Å². The molecule has 1 amide bonds. The number of carbonyl (C=O) groups excluding carboxylic acids is 1. The van der Waals surface area contributed by atoms with Crippen LogP contribution < -0.4 is 10.6 Å². The van der Waals surface area contributed by atoms with Crippen molar-refractivity contribution in [2.45, 2.75) is 6.92 Å². The Bertz CT molecular complexity index is 632. The predicted octanol–water partition coefficient (Wildman–Crippen LogP) is 4.07. The van der Waals surface area contributed by atoms with Crippen molar-refractivity contribution in [2.75, 3.05) is 17.2 Å². The number of nitrogens with zero attached hydrogens (tertiary/aromatic N) is 1. The zero-order valence-electron chi connectivity index (χ0n) is 10.8. The third kappa shape index (κ3) is 3.40. The van der Waals surface area contributed by atoms with Crippen LogP contribution in [-0.2, 0) is 0 Å². The molecule has 1 aromatic carbocycles. The van der Waals surface area contributed by atoms with Gasteiger partial charge in [-0.3, -0.25) is 4.79 Å². The maximum atomic E-state index is 12.1. The first-order valence-corrected chi connectivity index (χ1v) is 6.83. The lowest BCUT2D eigenvalue weighted by Crippen LogP contribution is -2.15. The highest BCUT2D eigenvalue weighted by atomic mass is 35.5. The van der Waals surface area contributed by atoms with Crippen LogP contribution in [-0.4, -0.2) is 17.4 Å². The normalized spacial score (nSPS) is 10.2. The van der Waals surface area contributed by atoms with E-state index in [1.165, 1.54) is 0 Å². The van der Waals surface area contributed by atoms with Crippen molar-refractivity contribution in [3.05, 3.63) is 52.1 Å². The van der Waals surface area contributed by atoms with Gasteiger partial charge >= 0.3 is 0 Å². The number of amides is 1. The molecule has 0 bridgehead atoms. The van der Waals surface area contributed by atoms with Crippen molar-refractivity contribution in [1.29, 1.82) is 0 Å². The number of benzene rings is 1. The van der Waals surface area contributed by atoms with E-state index in [9.17, 15) is 4.79 Å². The zero-order chi connectivity index (χ0) is 14.5. The number of anilines is 2. The highest BCUT2D eigenvalue weighted by Crippen LogP contribution is 2.29. The zero-order valence-corrected chi connectivity index (χ0v) is 12.3. The summed E-state index contributed by atoms with van der Waals surface area (Å²) in [5.74, 6) is 0.311. The van der Waals surface area contributed by atoms with Crippen LogP contribution in [0.2, 0.25) is 10.0 Å². The van der Waals surface area contributed by atoms with Crippen LogP contribution in [0.25, 0.3) is 0 Å². The summed E-state index contributed by atoms with van der Waals surface area (Å²) in [6.07, 6.45) is 0. The molecule has 0 spiro atoms. The number of nitrogens with one attached hydrogen (secondary N) is 2. The summed E-state index contributed by atoms with van der Waals surface area (Å²) in [6, 6.07) is 10.2. The van der Waals surface area contributed by atoms with Crippen LogP contribution in [0.15, 0.2) is 36.4 Å². The van der Waals surface area contributed by atoms with Gasteiger partial charge in [0.15, 0.2) is 0 Å². The number of aromatic nitrogens is 1. The molecule has 0 saturated heterocycles. The van der Waals surface area contributed by atoms with Crippen LogP contribution >= 0.6 is 23.2 Å². The maximum Gasteiger partial charge on any atom is 0.274 e. The van der Waals surface area contributed by atoms with E-state index in [-0.39, 0.29) is 5.91 Å². The SMILES string of the molecule is CCNc1cccc(C(=O)Nc2cccc(Cl)c2Cl)n1. The van der Waals surface area contributed by atoms with Gasteiger partial charge in [-0.05, 0) is 31.2 Å². The molecule has 104 valence electrons. The molecule has 0 radical (unpaired) electrons. The van der Waals surface area contributed by atoms with Gasteiger partial charge in [-0.1, -0.05) is 35.3 Å². The molecule has 0 aliphatic rings. The summed E-state index contributed by atoms with van der Waals surface area (Å²) in [6.45, 7) is 2.69. The highest BCUT2D eigenvalue weighted by Gasteiger charge is 2.11. The molecule has 2 aromatic rings. The largest absolute Gasteiger partial charge is 0.370 e. The molecular formula is C14H13Cl2N3O. The molecule has 0 aliphatic carbocycles. The molecule has 2 rings (SSSR count). The Balaban J connectivity index is 2.19. The van der Waals surface area contributed by atoms with Crippen molar-refractivity contribution < 1.29 is 4.79 Å². The van der Waals surface area contributed by atoms with Crippen LogP contribution in [0.4, 0.5) is 11.5 Å². The van der Waals surface area contributed by atoms with Gasteiger partial charge < -0.3 is 10.6 Å². The lowest BCUT2D eigenvalue weighted by atomic mass is 10.3. The number of pyridine rings is 1. The molecule has 4 nitrogen and oxygen atoms in total. The minimum Gasteiger partial charge on any atom is -0.370 e. The van der Waals surface area contributed by atoms with Gasteiger partial charge in [0, 0.05) is 6.54 Å². The summed E-state index contributed by atoms with van der Waals surface area (Å²) in [7, 11) is 0. The average molecular weight is 310 g/mol. The third-order valence-electron chi connectivity index (χ3n) is 2.54. The van der Waals surface area contributed by atoms with Crippen molar-refractivity contribution in [3.63, 3.8) is 0 Å². The van der Waals surface area contributed by atoms with Crippen molar-refractivity contribution in [2.24, 2.45) is 0 Å². The second kappa shape index (κ2) is 6.59. The van der Waals surface area contributed by atoms with E-state index in [0.717, 1.165) is 6.54 Å². The molecule has 0 atom stereocenters. The number of hydrogen-bond acceptors (Lipinski definition) is 3. The Labute approximate surface area is 127 Å². The summed E-state index contributed by atoms with van der Waals surface area (Å²) < 4.78 is 0. The van der Waals surface area contributed by atoms with E-state index in [1.807, 2.05) is 6.92 Å². The Kier molecular flexibility index (Phi) is 4.82. The number of hydrogen-bond donors (Lipinski definition) is 2. The topological polar surface area (TPSA) is 54.0 Å². The van der Waals surface area contributed by atoms with Crippen molar-refractivity contribution in [1.82, 2.24) is 4.98 Å². The Morgan fingerprint density at radius 3 is 2.70 bits per heavy atom. The van der Waals surface area contributed by atoms with E-state index in [2.05, 4.69) is 15.6 Å². The maximum absolute atomic E-state index is 12.1. The summed E-state index contributed by atoms with van der Waals surface area (Å²) in [4.78, 5) is 16.3. The minimum absolute atomic E-state index is 0.305. The second-order valence-corrected chi connectivity index (χ2v) is 4.78. The first-order chi connectivity index (χ1) is 9.61. The van der Waals surface area contributed by atoms with E-state index >= 15 is 0 Å². The van der Waals surface area contributed by atoms with E-state index in [4.69, 9.17) is 23.2 Å². The van der Waals surface area contributed by atoms with Gasteiger partial charge in [-0.15, -0.1) is 0 Å². The monoisotopic (exact) mass is 309 g/mol. The molecule has 0 unspecified atom stereocenters. The molecular weight excluding hydrogens is 297 g/mol. The smallest absolute Gasteiger partial charge is 0.274 e. The molecule has 1 heterocycles. The summed E-state index contributed by atoms with van der Waals surface area (Å²) >= 11 is 11.9. The van der Waals surface area contributed by atoms with Crippen LogP contribution in [0.1, 0.15) is 17.4 Å². The fourth-order valence-electron chi connectivity index (χ4n) is 1.63. The van der Waals surface area contributed by atoms with E-state index in [0.29, 0.717) is 27.2 Å². The first kappa shape index (κ1) is 14.6. The van der Waals surface area contributed by atoms with Gasteiger partial charge in [0.2, 0.25) is 0 Å². The molecule has 0 saturated carbocycles. The fourth-order valence-corrected chi connectivity index (χ4v) is 1.98. The van der Waals surface area contributed by atoms with Gasteiger partial charge in [-0.25, -0.2) is 4.98 Å². The first-order valence-electron chi connectivity index (χ1n) is 6.08. The number of carbonyl (C=O) groups is 1.